The topological polar surface area (TPSA) is 80.3 Å². The van der Waals surface area contributed by atoms with Crippen LogP contribution in [0.1, 0.15) is 18.4 Å². The van der Waals surface area contributed by atoms with E-state index in [0.29, 0.717) is 12.4 Å². The Balaban J connectivity index is 0.00000272. The number of halogens is 1. The average Bonchev–Trinajstić information content (AvgIpc) is 3.37. The van der Waals surface area contributed by atoms with Gasteiger partial charge in [0.2, 0.25) is 5.89 Å². The van der Waals surface area contributed by atoms with Crippen LogP contribution in [0.15, 0.2) is 70.3 Å². The second-order valence-corrected chi connectivity index (χ2v) is 6.93. The van der Waals surface area contributed by atoms with Gasteiger partial charge in [0.15, 0.2) is 5.96 Å². The quantitative estimate of drug-likeness (QED) is 0.211. The van der Waals surface area contributed by atoms with E-state index in [0.717, 1.165) is 53.7 Å². The molecule has 0 amide bonds. The summed E-state index contributed by atoms with van der Waals surface area (Å²) in [6, 6.07) is 18.1. The van der Waals surface area contributed by atoms with Crippen LogP contribution in [-0.2, 0) is 13.1 Å². The second-order valence-electron chi connectivity index (χ2n) is 6.93. The predicted molar refractivity (Wildman–Crippen MR) is 135 cm³/mol. The largest absolute Gasteiger partial charge is 0.444 e. The van der Waals surface area contributed by atoms with Crippen LogP contribution in [0.3, 0.4) is 0 Å². The fourth-order valence-electron chi connectivity index (χ4n) is 3.36. The van der Waals surface area contributed by atoms with Gasteiger partial charge in [0, 0.05) is 25.2 Å². The summed E-state index contributed by atoms with van der Waals surface area (Å²) in [6.45, 7) is 6.86. The van der Waals surface area contributed by atoms with Gasteiger partial charge in [-0.05, 0) is 38.1 Å². The Bertz CT molecular complexity index is 1140. The normalized spacial score (nSPS) is 11.4. The van der Waals surface area contributed by atoms with Gasteiger partial charge in [-0.3, -0.25) is 0 Å². The lowest BCUT2D eigenvalue weighted by molar-refractivity contribution is 0.572. The molecular weight excluding hydrogens is 503 g/mol. The van der Waals surface area contributed by atoms with Crippen LogP contribution in [0.5, 0.6) is 0 Å². The maximum atomic E-state index is 5.60. The molecule has 4 aromatic rings. The lowest BCUT2D eigenvalue weighted by Crippen LogP contribution is -2.38. The van der Waals surface area contributed by atoms with Gasteiger partial charge in [-0.15, -0.1) is 24.0 Å². The van der Waals surface area contributed by atoms with Crippen LogP contribution in [0.25, 0.3) is 22.5 Å². The maximum absolute atomic E-state index is 5.60. The summed E-state index contributed by atoms with van der Waals surface area (Å²) >= 11 is 0. The number of nitrogens with one attached hydrogen (secondary N) is 2. The third-order valence-electron chi connectivity index (χ3n) is 4.79. The van der Waals surface area contributed by atoms with Crippen molar-refractivity contribution in [3.63, 3.8) is 0 Å². The van der Waals surface area contributed by atoms with Crippen LogP contribution in [0.4, 0.5) is 0 Å². The molecule has 0 radical (unpaired) electrons. The first-order valence-electron chi connectivity index (χ1n) is 10.2. The Labute approximate surface area is 199 Å². The molecule has 0 atom stereocenters. The zero-order chi connectivity index (χ0) is 20.8. The summed E-state index contributed by atoms with van der Waals surface area (Å²) in [5.41, 5.74) is 3.92. The Hall–Kier alpha value is -2.88. The van der Waals surface area contributed by atoms with Gasteiger partial charge in [0.1, 0.15) is 17.8 Å². The molecule has 0 unspecified atom stereocenters. The van der Waals surface area contributed by atoms with Crippen molar-refractivity contribution in [2.24, 2.45) is 4.99 Å². The zero-order valence-corrected chi connectivity index (χ0v) is 20.0. The summed E-state index contributed by atoms with van der Waals surface area (Å²) in [4.78, 5) is 13.8. The highest BCUT2D eigenvalue weighted by atomic mass is 127. The molecule has 0 aliphatic rings. The van der Waals surface area contributed by atoms with Crippen molar-refractivity contribution >= 4 is 41.0 Å². The van der Waals surface area contributed by atoms with E-state index in [1.807, 2.05) is 62.4 Å². The average molecular weight is 530 g/mol. The lowest BCUT2D eigenvalue weighted by Gasteiger charge is -2.12. The number of oxazole rings is 1. The second kappa shape index (κ2) is 10.9. The summed E-state index contributed by atoms with van der Waals surface area (Å²) in [5.74, 6) is 2.38. The highest BCUT2D eigenvalue weighted by molar-refractivity contribution is 14.0. The third-order valence-corrected chi connectivity index (χ3v) is 4.79. The van der Waals surface area contributed by atoms with Gasteiger partial charge >= 0.3 is 0 Å². The molecule has 0 bridgehead atoms. The van der Waals surface area contributed by atoms with Crippen molar-refractivity contribution in [3.05, 3.63) is 72.4 Å². The van der Waals surface area contributed by atoms with Crippen molar-refractivity contribution in [1.82, 2.24) is 25.2 Å². The summed E-state index contributed by atoms with van der Waals surface area (Å²) in [6.07, 6.45) is 1.66. The molecule has 0 saturated carbocycles. The Morgan fingerprint density at radius 1 is 1.03 bits per heavy atom. The molecule has 0 aliphatic heterocycles. The fraction of sp³-hybridized carbons (Fsp3) is 0.261. The maximum Gasteiger partial charge on any atom is 0.226 e. The summed E-state index contributed by atoms with van der Waals surface area (Å²) in [5, 5.41) is 6.67. The first kappa shape index (κ1) is 22.8. The number of guanidine groups is 1. The van der Waals surface area contributed by atoms with Crippen LogP contribution in [0.2, 0.25) is 0 Å². The number of imidazole rings is 1. The number of hydrogen-bond donors (Lipinski definition) is 2. The number of aryl methyl sites for hydroxylation is 1. The van der Waals surface area contributed by atoms with E-state index in [1.165, 1.54) is 0 Å². The van der Waals surface area contributed by atoms with Gasteiger partial charge in [-0.1, -0.05) is 30.3 Å². The van der Waals surface area contributed by atoms with E-state index in [2.05, 4.69) is 36.2 Å². The smallest absolute Gasteiger partial charge is 0.226 e. The van der Waals surface area contributed by atoms with E-state index >= 15 is 0 Å². The van der Waals surface area contributed by atoms with Crippen molar-refractivity contribution in [2.75, 3.05) is 13.1 Å². The molecule has 2 aromatic heterocycles. The lowest BCUT2D eigenvalue weighted by atomic mass is 10.2. The fourth-order valence-corrected chi connectivity index (χ4v) is 3.36. The first-order chi connectivity index (χ1) is 14.7. The number of fused-ring (bicyclic) bond motifs is 1. The molecule has 2 aromatic carbocycles. The third kappa shape index (κ3) is 5.63. The Kier molecular flexibility index (Phi) is 8.05. The Morgan fingerprint density at radius 2 is 1.81 bits per heavy atom. The van der Waals surface area contributed by atoms with Crippen LogP contribution < -0.4 is 10.6 Å². The van der Waals surface area contributed by atoms with Gasteiger partial charge < -0.3 is 19.6 Å². The van der Waals surface area contributed by atoms with E-state index in [-0.39, 0.29) is 24.0 Å². The van der Waals surface area contributed by atoms with Crippen molar-refractivity contribution < 1.29 is 4.42 Å². The molecule has 162 valence electrons. The molecule has 2 N–H and O–H groups in total. The molecule has 31 heavy (non-hydrogen) atoms. The molecular formula is C23H27IN6O. The van der Waals surface area contributed by atoms with Crippen LogP contribution >= 0.6 is 24.0 Å². The van der Waals surface area contributed by atoms with Gasteiger partial charge in [0.05, 0.1) is 17.6 Å². The highest BCUT2D eigenvalue weighted by Gasteiger charge is 2.08. The van der Waals surface area contributed by atoms with Crippen LogP contribution in [0, 0.1) is 6.92 Å². The number of hydrogen-bond acceptors (Lipinski definition) is 4. The van der Waals surface area contributed by atoms with Gasteiger partial charge in [-0.25, -0.2) is 15.0 Å². The predicted octanol–water partition coefficient (Wildman–Crippen LogP) is 4.37. The van der Waals surface area contributed by atoms with Crippen molar-refractivity contribution in [2.45, 2.75) is 26.9 Å². The summed E-state index contributed by atoms with van der Waals surface area (Å²) in [7, 11) is 0. The zero-order valence-electron chi connectivity index (χ0n) is 17.7. The standard InChI is InChI=1S/C23H26N6O.HI/c1-3-24-23(25-13-14-29-17(2)27-20-11-7-8-12-21(20)29)26-15-19-16-30-22(28-19)18-9-5-4-6-10-18;/h4-12,16H,3,13-15H2,1-2H3,(H2,24,25,26);1H. The SMILES string of the molecule is CCNC(=NCc1coc(-c2ccccc2)n1)NCCn1c(C)nc2ccccc21.I. The minimum Gasteiger partial charge on any atom is -0.444 e. The number of para-hydroxylation sites is 2. The number of aromatic nitrogens is 3. The minimum atomic E-state index is 0. The van der Waals surface area contributed by atoms with Crippen molar-refractivity contribution in [3.8, 4) is 11.5 Å². The van der Waals surface area contributed by atoms with E-state index in [9.17, 15) is 0 Å². The van der Waals surface area contributed by atoms with E-state index < -0.39 is 0 Å². The molecule has 7 nitrogen and oxygen atoms in total. The summed E-state index contributed by atoms with van der Waals surface area (Å²) < 4.78 is 7.81. The first-order valence-corrected chi connectivity index (χ1v) is 10.2. The molecule has 4 rings (SSSR count). The minimum absolute atomic E-state index is 0. The molecule has 0 spiro atoms. The molecule has 2 heterocycles. The molecule has 0 saturated heterocycles. The number of nitrogens with zero attached hydrogens (tertiary/aromatic N) is 4. The van der Waals surface area contributed by atoms with Crippen LogP contribution in [-0.4, -0.2) is 33.6 Å². The number of aliphatic imine (C=N–C) groups is 1. The number of rotatable bonds is 7. The molecule has 8 heteroatoms. The van der Waals surface area contributed by atoms with E-state index in [4.69, 9.17) is 4.42 Å². The van der Waals surface area contributed by atoms with Gasteiger partial charge in [0.25, 0.3) is 0 Å². The van der Waals surface area contributed by atoms with E-state index in [1.54, 1.807) is 6.26 Å². The van der Waals surface area contributed by atoms with Crippen molar-refractivity contribution in [1.29, 1.82) is 0 Å². The highest BCUT2D eigenvalue weighted by Crippen LogP contribution is 2.18. The monoisotopic (exact) mass is 530 g/mol. The molecule has 0 aliphatic carbocycles. The Morgan fingerprint density at radius 3 is 2.61 bits per heavy atom. The van der Waals surface area contributed by atoms with Gasteiger partial charge in [-0.2, -0.15) is 0 Å². The number of benzene rings is 2. The molecule has 0 fully saturated rings.